The molecule has 0 aliphatic carbocycles. The molecule has 0 aliphatic heterocycles. The fourth-order valence-electron chi connectivity index (χ4n) is 2.03. The molecule has 6 nitrogen and oxygen atoms in total. The van der Waals surface area contributed by atoms with Crippen LogP contribution in [0.25, 0.3) is 0 Å². The summed E-state index contributed by atoms with van der Waals surface area (Å²) in [5.41, 5.74) is 7.19. The molecule has 8 heteroatoms. The van der Waals surface area contributed by atoms with E-state index in [0.29, 0.717) is 6.54 Å². The highest BCUT2D eigenvalue weighted by Crippen LogP contribution is 2.19. The van der Waals surface area contributed by atoms with Gasteiger partial charge in [-0.05, 0) is 26.8 Å². The number of aryl methyl sites for hydroxylation is 1. The molecular weight excluding hydrogens is 308 g/mol. The topological polar surface area (TPSA) is 90.0 Å². The molecule has 0 saturated carbocycles. The Bertz CT molecular complexity index is 716. The summed E-state index contributed by atoms with van der Waals surface area (Å²) in [6.07, 6.45) is 1.63. The van der Waals surface area contributed by atoms with Crippen molar-refractivity contribution in [2.45, 2.75) is 44.8 Å². The van der Waals surface area contributed by atoms with Gasteiger partial charge in [-0.25, -0.2) is 18.1 Å². The molecule has 0 unspecified atom stereocenters. The van der Waals surface area contributed by atoms with Crippen molar-refractivity contribution >= 4 is 21.4 Å². The average Bonchev–Trinajstić information content (AvgIpc) is 3.02. The van der Waals surface area contributed by atoms with Crippen molar-refractivity contribution in [3.05, 3.63) is 34.0 Å². The molecule has 0 atom stereocenters. The molecule has 116 valence electrons. The molecule has 21 heavy (non-hydrogen) atoms. The lowest BCUT2D eigenvalue weighted by atomic mass is 10.3. The number of aromatic nitrogens is 2. The van der Waals surface area contributed by atoms with Crippen LogP contribution in [0.4, 0.5) is 0 Å². The highest BCUT2D eigenvalue weighted by molar-refractivity contribution is 7.89. The smallest absolute Gasteiger partial charge is 0.242 e. The minimum Gasteiger partial charge on any atom is -0.346 e. The van der Waals surface area contributed by atoms with Gasteiger partial charge >= 0.3 is 0 Å². The average molecular weight is 328 g/mol. The molecule has 2 aromatic rings. The number of nitrogens with zero attached hydrogens (tertiary/aromatic N) is 2. The first kappa shape index (κ1) is 16.2. The summed E-state index contributed by atoms with van der Waals surface area (Å²) in [6.45, 7) is 6.36. The van der Waals surface area contributed by atoms with Gasteiger partial charge in [0.25, 0.3) is 0 Å². The fourth-order valence-corrected chi connectivity index (χ4v) is 3.69. The zero-order valence-corrected chi connectivity index (χ0v) is 14.0. The van der Waals surface area contributed by atoms with E-state index in [1.165, 1.54) is 11.3 Å². The largest absolute Gasteiger partial charge is 0.346 e. The van der Waals surface area contributed by atoms with Gasteiger partial charge in [-0.3, -0.25) is 0 Å². The summed E-state index contributed by atoms with van der Waals surface area (Å²) in [7, 11) is -3.56. The number of hydrogen-bond acceptors (Lipinski definition) is 5. The van der Waals surface area contributed by atoms with E-state index in [1.807, 2.05) is 30.7 Å². The number of nitrogens with one attached hydrogen (secondary N) is 1. The Morgan fingerprint density at radius 3 is 2.67 bits per heavy atom. The number of sulfonamides is 1. The highest BCUT2D eigenvalue weighted by atomic mass is 32.2. The van der Waals surface area contributed by atoms with Crippen molar-refractivity contribution in [3.8, 4) is 0 Å². The van der Waals surface area contributed by atoms with E-state index in [1.54, 1.807) is 12.3 Å². The monoisotopic (exact) mass is 328 g/mol. The van der Waals surface area contributed by atoms with Gasteiger partial charge in [0, 0.05) is 29.9 Å². The Labute approximate surface area is 129 Å². The Balaban J connectivity index is 2.19. The van der Waals surface area contributed by atoms with Crippen LogP contribution in [-0.2, 0) is 23.1 Å². The third kappa shape index (κ3) is 3.70. The number of thiazole rings is 1. The van der Waals surface area contributed by atoms with Crippen molar-refractivity contribution in [2.24, 2.45) is 5.73 Å². The van der Waals surface area contributed by atoms with Crippen LogP contribution in [0.2, 0.25) is 0 Å². The van der Waals surface area contributed by atoms with Crippen LogP contribution in [0.3, 0.4) is 0 Å². The molecule has 0 aliphatic rings. The number of rotatable bonds is 6. The third-order valence-electron chi connectivity index (χ3n) is 3.09. The summed E-state index contributed by atoms with van der Waals surface area (Å²) >= 11 is 1.50. The molecule has 0 amide bonds. The van der Waals surface area contributed by atoms with Gasteiger partial charge < -0.3 is 10.3 Å². The molecule has 0 aromatic carbocycles. The molecule has 0 fully saturated rings. The summed E-state index contributed by atoms with van der Waals surface area (Å²) in [6, 6.07) is 1.78. The second-order valence-electron chi connectivity index (χ2n) is 5.05. The zero-order valence-electron chi connectivity index (χ0n) is 12.3. The predicted octanol–water partition coefficient (Wildman–Crippen LogP) is 1.77. The van der Waals surface area contributed by atoms with Gasteiger partial charge in [-0.2, -0.15) is 0 Å². The van der Waals surface area contributed by atoms with Crippen LogP contribution in [0.5, 0.6) is 0 Å². The molecule has 0 spiro atoms. The highest BCUT2D eigenvalue weighted by Gasteiger charge is 2.19. The van der Waals surface area contributed by atoms with Crippen molar-refractivity contribution in [2.75, 3.05) is 0 Å². The van der Waals surface area contributed by atoms with E-state index in [2.05, 4.69) is 9.71 Å². The maximum atomic E-state index is 12.3. The van der Waals surface area contributed by atoms with Crippen molar-refractivity contribution in [1.82, 2.24) is 14.3 Å². The van der Waals surface area contributed by atoms with Gasteiger partial charge in [0.1, 0.15) is 0 Å². The second-order valence-corrected chi connectivity index (χ2v) is 7.88. The minimum atomic E-state index is -3.56. The molecule has 2 heterocycles. The fraction of sp³-hybridized carbons (Fsp3) is 0.462. The normalized spacial score (nSPS) is 12.2. The number of hydrogen-bond donors (Lipinski definition) is 2. The van der Waals surface area contributed by atoms with E-state index in [4.69, 9.17) is 5.73 Å². The zero-order chi connectivity index (χ0) is 15.6. The summed E-state index contributed by atoms with van der Waals surface area (Å²) in [5.74, 6) is 0. The first-order valence-electron chi connectivity index (χ1n) is 6.65. The summed E-state index contributed by atoms with van der Waals surface area (Å²) in [5, 5.41) is 2.77. The van der Waals surface area contributed by atoms with Crippen LogP contribution in [0.1, 0.15) is 36.3 Å². The maximum Gasteiger partial charge on any atom is 0.242 e. The molecule has 0 bridgehead atoms. The summed E-state index contributed by atoms with van der Waals surface area (Å²) in [4.78, 5) is 4.48. The lowest BCUT2D eigenvalue weighted by Gasteiger charge is -2.10. The Hall–Kier alpha value is -1.22. The quantitative estimate of drug-likeness (QED) is 0.845. The Kier molecular flexibility index (Phi) is 4.82. The lowest BCUT2D eigenvalue weighted by Crippen LogP contribution is -2.23. The van der Waals surface area contributed by atoms with Gasteiger partial charge in [-0.15, -0.1) is 11.3 Å². The van der Waals surface area contributed by atoms with Crippen molar-refractivity contribution in [1.29, 1.82) is 0 Å². The molecule has 2 rings (SSSR count). The molecule has 0 saturated heterocycles. The molecule has 2 aromatic heterocycles. The first-order valence-corrected chi connectivity index (χ1v) is 9.01. The summed E-state index contributed by atoms with van der Waals surface area (Å²) < 4.78 is 29.1. The second kappa shape index (κ2) is 6.27. The van der Waals surface area contributed by atoms with Gasteiger partial charge in [0.15, 0.2) is 0 Å². The molecule has 0 radical (unpaired) electrons. The maximum absolute atomic E-state index is 12.3. The Morgan fingerprint density at radius 2 is 2.19 bits per heavy atom. The lowest BCUT2D eigenvalue weighted by molar-refractivity contribution is 0.569. The van der Waals surface area contributed by atoms with Crippen LogP contribution >= 0.6 is 11.3 Å². The minimum absolute atomic E-state index is 0.161. The SMILES string of the molecule is Cc1nc(CNS(=O)(=O)c2cc(CN)n(C(C)C)c2)cs1. The van der Waals surface area contributed by atoms with Gasteiger partial charge in [0.05, 0.1) is 22.1 Å². The Morgan fingerprint density at radius 1 is 1.48 bits per heavy atom. The van der Waals surface area contributed by atoms with E-state index in [9.17, 15) is 8.42 Å². The molecule has 3 N–H and O–H groups in total. The first-order chi connectivity index (χ1) is 9.83. The molecular formula is C13H20N4O2S2. The van der Waals surface area contributed by atoms with E-state index >= 15 is 0 Å². The van der Waals surface area contributed by atoms with Crippen molar-refractivity contribution in [3.63, 3.8) is 0 Å². The predicted molar refractivity (Wildman–Crippen MR) is 83.6 cm³/mol. The van der Waals surface area contributed by atoms with Crippen LogP contribution < -0.4 is 10.5 Å². The number of nitrogens with two attached hydrogens (primary N) is 1. The standard InChI is InChI=1S/C13H20N4O2S2/c1-9(2)17-7-13(4-12(17)5-14)21(18,19)15-6-11-8-20-10(3)16-11/h4,7-9,15H,5-6,14H2,1-3H3. The van der Waals surface area contributed by atoms with Gasteiger partial charge in [0.2, 0.25) is 10.0 Å². The van der Waals surface area contributed by atoms with Crippen LogP contribution in [0, 0.1) is 6.92 Å². The third-order valence-corrected chi connectivity index (χ3v) is 5.28. The van der Waals surface area contributed by atoms with Crippen LogP contribution in [0.15, 0.2) is 22.5 Å². The van der Waals surface area contributed by atoms with E-state index < -0.39 is 10.0 Å². The van der Waals surface area contributed by atoms with Crippen LogP contribution in [-0.4, -0.2) is 18.0 Å². The van der Waals surface area contributed by atoms with Crippen molar-refractivity contribution < 1.29 is 8.42 Å². The van der Waals surface area contributed by atoms with Gasteiger partial charge in [-0.1, -0.05) is 0 Å². The van der Waals surface area contributed by atoms with E-state index in [-0.39, 0.29) is 17.5 Å². The van der Waals surface area contributed by atoms with E-state index in [0.717, 1.165) is 16.4 Å².